The van der Waals surface area contributed by atoms with Crippen LogP contribution in [0.1, 0.15) is 12.0 Å². The highest BCUT2D eigenvalue weighted by Gasteiger charge is 2.16. The fourth-order valence-corrected chi connectivity index (χ4v) is 4.65. The maximum atomic E-state index is 12.2. The van der Waals surface area contributed by atoms with Crippen molar-refractivity contribution in [3.63, 3.8) is 0 Å². The third-order valence-electron chi connectivity index (χ3n) is 3.93. The molecular weight excluding hydrogens is 386 g/mol. The first-order chi connectivity index (χ1) is 12.9. The third-order valence-corrected chi connectivity index (χ3v) is 6.77. The predicted octanol–water partition coefficient (Wildman–Crippen LogP) is 2.92. The monoisotopic (exact) mass is 405 g/mol. The second kappa shape index (κ2) is 7.93. The van der Waals surface area contributed by atoms with Crippen LogP contribution in [-0.4, -0.2) is 32.2 Å². The van der Waals surface area contributed by atoms with Crippen molar-refractivity contribution in [3.8, 4) is 5.75 Å². The lowest BCUT2D eigenvalue weighted by Gasteiger charge is -2.06. The van der Waals surface area contributed by atoms with Crippen LogP contribution >= 0.6 is 11.3 Å². The molecule has 0 aliphatic rings. The lowest BCUT2D eigenvalue weighted by Crippen LogP contribution is -2.30. The van der Waals surface area contributed by atoms with Gasteiger partial charge in [0.15, 0.2) is 9.84 Å². The number of rotatable bonds is 7. The van der Waals surface area contributed by atoms with Crippen LogP contribution in [0.3, 0.4) is 0 Å². The minimum Gasteiger partial charge on any atom is -0.494 e. The lowest BCUT2D eigenvalue weighted by atomic mass is 10.2. The number of hydrogen-bond acceptors (Lipinski definition) is 7. The van der Waals surface area contributed by atoms with E-state index in [4.69, 9.17) is 4.74 Å². The Morgan fingerprint density at radius 1 is 1.19 bits per heavy atom. The molecule has 27 heavy (non-hydrogen) atoms. The number of amides is 1. The number of aromatic nitrogens is 1. The summed E-state index contributed by atoms with van der Waals surface area (Å²) in [5, 5.41) is 0.497. The van der Waals surface area contributed by atoms with Gasteiger partial charge in [-0.1, -0.05) is 35.6 Å². The highest BCUT2D eigenvalue weighted by molar-refractivity contribution is 7.91. The molecule has 3 aromatic rings. The van der Waals surface area contributed by atoms with E-state index in [1.54, 1.807) is 25.3 Å². The molecule has 1 amide bonds. The van der Waals surface area contributed by atoms with Crippen LogP contribution < -0.4 is 15.6 Å². The Balaban J connectivity index is 1.61. The molecule has 0 bridgehead atoms. The zero-order chi connectivity index (χ0) is 19.4. The Morgan fingerprint density at radius 3 is 2.63 bits per heavy atom. The van der Waals surface area contributed by atoms with Gasteiger partial charge in [-0.05, 0) is 30.7 Å². The van der Waals surface area contributed by atoms with Crippen LogP contribution in [0.15, 0.2) is 47.4 Å². The molecule has 2 aromatic carbocycles. The molecule has 7 nitrogen and oxygen atoms in total. The number of ether oxygens (including phenoxy) is 1. The highest BCUT2D eigenvalue weighted by Crippen LogP contribution is 2.34. The Morgan fingerprint density at radius 2 is 1.93 bits per heavy atom. The number of hydrogen-bond donors (Lipinski definition) is 2. The maximum Gasteiger partial charge on any atom is 0.239 e. The van der Waals surface area contributed by atoms with Crippen molar-refractivity contribution in [1.82, 2.24) is 10.4 Å². The topological polar surface area (TPSA) is 97.4 Å². The van der Waals surface area contributed by atoms with Crippen LogP contribution in [0.2, 0.25) is 0 Å². The first-order valence-electron chi connectivity index (χ1n) is 8.17. The Labute approximate surface area is 161 Å². The van der Waals surface area contributed by atoms with Gasteiger partial charge in [0.1, 0.15) is 11.3 Å². The van der Waals surface area contributed by atoms with E-state index < -0.39 is 15.7 Å². The van der Waals surface area contributed by atoms with Gasteiger partial charge in [-0.15, -0.1) is 0 Å². The van der Waals surface area contributed by atoms with E-state index in [1.807, 2.05) is 19.1 Å². The van der Waals surface area contributed by atoms with E-state index in [0.717, 1.165) is 10.3 Å². The number of nitrogens with one attached hydrogen (secondary N) is 2. The summed E-state index contributed by atoms with van der Waals surface area (Å²) in [5.74, 6) is -0.0465. The molecule has 3 rings (SSSR count). The number of carbonyl (C=O) groups is 1. The van der Waals surface area contributed by atoms with Gasteiger partial charge in [-0.25, -0.2) is 13.4 Å². The lowest BCUT2D eigenvalue weighted by molar-refractivity contribution is -0.120. The molecule has 0 aliphatic heterocycles. The van der Waals surface area contributed by atoms with E-state index >= 15 is 0 Å². The molecule has 0 saturated heterocycles. The summed E-state index contributed by atoms with van der Waals surface area (Å²) in [6, 6.07) is 11.9. The number of benzene rings is 2. The molecule has 0 unspecified atom stereocenters. The van der Waals surface area contributed by atoms with Gasteiger partial charge >= 0.3 is 0 Å². The summed E-state index contributed by atoms with van der Waals surface area (Å²) < 4.78 is 30.7. The molecule has 0 atom stereocenters. The Hall–Kier alpha value is -2.65. The van der Waals surface area contributed by atoms with Gasteiger partial charge in [0.2, 0.25) is 11.0 Å². The average molecular weight is 406 g/mol. The third kappa shape index (κ3) is 4.37. The summed E-state index contributed by atoms with van der Waals surface area (Å²) >= 11 is 1.38. The average Bonchev–Trinajstić information content (AvgIpc) is 3.11. The molecule has 0 aliphatic carbocycles. The molecule has 9 heteroatoms. The van der Waals surface area contributed by atoms with Crippen LogP contribution in [0.4, 0.5) is 5.13 Å². The molecule has 1 aromatic heterocycles. The number of nitrogens with zero attached hydrogens (tertiary/aromatic N) is 1. The SMILES string of the molecule is COc1ccc(C)c2sc(NNC(=O)CCS(=O)(=O)c3ccccc3)nc12. The van der Waals surface area contributed by atoms with E-state index in [9.17, 15) is 13.2 Å². The number of fused-ring (bicyclic) bond motifs is 1. The van der Waals surface area contributed by atoms with Gasteiger partial charge in [-0.2, -0.15) is 0 Å². The number of methoxy groups -OCH3 is 1. The minimum absolute atomic E-state index is 0.155. The van der Waals surface area contributed by atoms with Crippen molar-refractivity contribution in [2.75, 3.05) is 18.3 Å². The Kier molecular flexibility index (Phi) is 5.62. The Bertz CT molecular complexity index is 1060. The van der Waals surface area contributed by atoms with Crippen LogP contribution in [0, 0.1) is 6.92 Å². The zero-order valence-electron chi connectivity index (χ0n) is 14.9. The number of carbonyl (C=O) groups excluding carboxylic acids is 1. The van der Waals surface area contributed by atoms with Crippen molar-refractivity contribution in [2.45, 2.75) is 18.2 Å². The summed E-state index contributed by atoms with van der Waals surface area (Å²) in [6.45, 7) is 1.97. The van der Waals surface area contributed by atoms with E-state index in [-0.39, 0.29) is 17.1 Å². The van der Waals surface area contributed by atoms with Crippen molar-refractivity contribution in [1.29, 1.82) is 0 Å². The second-order valence-corrected chi connectivity index (χ2v) is 8.94. The number of thiazole rings is 1. The summed E-state index contributed by atoms with van der Waals surface area (Å²) in [6.07, 6.45) is -0.155. The minimum atomic E-state index is -3.49. The van der Waals surface area contributed by atoms with Crippen LogP contribution in [0.5, 0.6) is 5.75 Å². The molecule has 0 spiro atoms. The molecule has 142 valence electrons. The highest BCUT2D eigenvalue weighted by atomic mass is 32.2. The summed E-state index contributed by atoms with van der Waals surface area (Å²) in [7, 11) is -1.92. The van der Waals surface area contributed by atoms with Crippen molar-refractivity contribution < 1.29 is 17.9 Å². The number of anilines is 1. The van der Waals surface area contributed by atoms with E-state index in [2.05, 4.69) is 15.8 Å². The molecule has 0 radical (unpaired) electrons. The smallest absolute Gasteiger partial charge is 0.239 e. The second-order valence-electron chi connectivity index (χ2n) is 5.84. The molecular formula is C18H19N3O4S2. The van der Waals surface area contributed by atoms with Gasteiger partial charge < -0.3 is 4.74 Å². The fraction of sp³-hybridized carbons (Fsp3) is 0.222. The fourth-order valence-electron chi connectivity index (χ4n) is 2.49. The molecule has 0 fully saturated rings. The van der Waals surface area contributed by atoms with Gasteiger partial charge in [0.05, 0.1) is 22.5 Å². The van der Waals surface area contributed by atoms with Crippen molar-refractivity contribution in [3.05, 3.63) is 48.0 Å². The number of hydrazine groups is 1. The van der Waals surface area contributed by atoms with Crippen LogP contribution in [0.25, 0.3) is 10.2 Å². The van der Waals surface area contributed by atoms with Crippen molar-refractivity contribution >= 4 is 42.4 Å². The maximum absolute atomic E-state index is 12.2. The first kappa shape index (κ1) is 19.1. The van der Waals surface area contributed by atoms with Crippen LogP contribution in [-0.2, 0) is 14.6 Å². The molecule has 2 N–H and O–H groups in total. The normalized spacial score (nSPS) is 11.3. The quantitative estimate of drug-likeness (QED) is 0.587. The van der Waals surface area contributed by atoms with Gasteiger partial charge in [0.25, 0.3) is 0 Å². The van der Waals surface area contributed by atoms with Gasteiger partial charge in [-0.3, -0.25) is 15.6 Å². The summed E-state index contributed by atoms with van der Waals surface area (Å²) in [5.41, 5.74) is 7.01. The largest absolute Gasteiger partial charge is 0.494 e. The zero-order valence-corrected chi connectivity index (χ0v) is 16.5. The summed E-state index contributed by atoms with van der Waals surface area (Å²) in [4.78, 5) is 16.6. The van der Waals surface area contributed by atoms with Gasteiger partial charge in [0, 0.05) is 6.42 Å². The number of sulfone groups is 1. The predicted molar refractivity (Wildman–Crippen MR) is 106 cm³/mol. The van der Waals surface area contributed by atoms with E-state index in [1.165, 1.54) is 23.5 Å². The standard InChI is InChI=1S/C18H19N3O4S2/c1-12-8-9-14(25-2)16-17(12)26-18(19-16)21-20-15(22)10-11-27(23,24)13-6-4-3-5-7-13/h3-9H,10-11H2,1-2H3,(H,19,21)(H,20,22). The van der Waals surface area contributed by atoms with E-state index in [0.29, 0.717) is 16.4 Å². The molecule has 0 saturated carbocycles. The molecule has 1 heterocycles. The first-order valence-corrected chi connectivity index (χ1v) is 10.6. The number of aryl methyl sites for hydroxylation is 1. The van der Waals surface area contributed by atoms with Crippen molar-refractivity contribution in [2.24, 2.45) is 0 Å².